The molecule has 3 rings (SSSR count). The molecule has 1 heterocycles. The summed E-state index contributed by atoms with van der Waals surface area (Å²) in [7, 11) is 0. The Morgan fingerprint density at radius 1 is 1.14 bits per heavy atom. The van der Waals surface area contributed by atoms with Crippen LogP contribution in [0.25, 0.3) is 16.9 Å². The molecule has 0 aliphatic rings. The van der Waals surface area contributed by atoms with Crippen molar-refractivity contribution in [1.29, 1.82) is 0 Å². The summed E-state index contributed by atoms with van der Waals surface area (Å²) in [4.78, 5) is 0. The first-order chi connectivity index (χ1) is 10.6. The van der Waals surface area contributed by atoms with Gasteiger partial charge in [0.1, 0.15) is 0 Å². The molecule has 0 unspecified atom stereocenters. The lowest BCUT2D eigenvalue weighted by molar-refractivity contribution is 0.282. The molecule has 1 N–H and O–H groups in total. The van der Waals surface area contributed by atoms with Crippen molar-refractivity contribution in [2.24, 2.45) is 0 Å². The van der Waals surface area contributed by atoms with Gasteiger partial charge in [0.2, 0.25) is 0 Å². The van der Waals surface area contributed by atoms with E-state index in [4.69, 9.17) is 23.2 Å². The fourth-order valence-corrected chi connectivity index (χ4v) is 2.83. The average molecular weight is 333 g/mol. The molecule has 5 heteroatoms. The summed E-state index contributed by atoms with van der Waals surface area (Å²) in [6.07, 6.45) is 1.81. The van der Waals surface area contributed by atoms with Crippen LogP contribution < -0.4 is 0 Å². The standard InChI is InChI=1S/C17H14Cl2N2O/c1-11-3-2-4-14(7-11)21-9-12(10-22)17(20-21)15-6-5-13(18)8-16(15)19/h2-9,22H,10H2,1H3. The minimum atomic E-state index is -0.111. The third-order valence-corrected chi connectivity index (χ3v) is 3.96. The van der Waals surface area contributed by atoms with Gasteiger partial charge in [-0.2, -0.15) is 5.10 Å². The third-order valence-electron chi connectivity index (χ3n) is 3.41. The van der Waals surface area contributed by atoms with Crippen LogP contribution in [0.1, 0.15) is 11.1 Å². The first kappa shape index (κ1) is 15.1. The lowest BCUT2D eigenvalue weighted by Crippen LogP contribution is -1.95. The minimum absolute atomic E-state index is 0.111. The molecule has 1 aromatic heterocycles. The molecule has 0 radical (unpaired) electrons. The highest BCUT2D eigenvalue weighted by Gasteiger charge is 2.14. The lowest BCUT2D eigenvalue weighted by Gasteiger charge is -2.04. The Balaban J connectivity index is 2.13. The quantitative estimate of drug-likeness (QED) is 0.758. The molecule has 0 spiro atoms. The van der Waals surface area contributed by atoms with E-state index in [1.807, 2.05) is 43.5 Å². The molecule has 0 atom stereocenters. The summed E-state index contributed by atoms with van der Waals surface area (Å²) in [5, 5.41) is 15.3. The molecule has 2 aromatic carbocycles. The van der Waals surface area contributed by atoms with E-state index >= 15 is 0 Å². The van der Waals surface area contributed by atoms with Crippen molar-refractivity contribution in [3.8, 4) is 16.9 Å². The fraction of sp³-hybridized carbons (Fsp3) is 0.118. The number of hydrogen-bond acceptors (Lipinski definition) is 2. The number of halogens is 2. The van der Waals surface area contributed by atoms with Crippen LogP contribution in [0.5, 0.6) is 0 Å². The number of nitrogens with zero attached hydrogens (tertiary/aromatic N) is 2. The summed E-state index contributed by atoms with van der Waals surface area (Å²) < 4.78 is 1.75. The van der Waals surface area contributed by atoms with Crippen molar-refractivity contribution < 1.29 is 5.11 Å². The van der Waals surface area contributed by atoms with Crippen molar-refractivity contribution in [3.63, 3.8) is 0 Å². The molecule has 3 nitrogen and oxygen atoms in total. The Labute approximate surface area is 138 Å². The van der Waals surface area contributed by atoms with Gasteiger partial charge in [-0.15, -0.1) is 0 Å². The van der Waals surface area contributed by atoms with E-state index in [9.17, 15) is 5.11 Å². The molecule has 0 saturated carbocycles. The summed E-state index contributed by atoms with van der Waals surface area (Å²) in [6.45, 7) is 1.91. The summed E-state index contributed by atoms with van der Waals surface area (Å²) >= 11 is 12.2. The largest absolute Gasteiger partial charge is 0.392 e. The van der Waals surface area contributed by atoms with Gasteiger partial charge in [0.05, 0.1) is 23.0 Å². The second-order valence-electron chi connectivity index (χ2n) is 5.07. The van der Waals surface area contributed by atoms with Crippen LogP contribution in [0.3, 0.4) is 0 Å². The summed E-state index contributed by atoms with van der Waals surface area (Å²) in [5.41, 5.74) is 4.20. The van der Waals surface area contributed by atoms with Crippen molar-refractivity contribution >= 4 is 23.2 Å². The Bertz CT molecular complexity index is 827. The third kappa shape index (κ3) is 2.88. The van der Waals surface area contributed by atoms with Crippen LogP contribution in [0.4, 0.5) is 0 Å². The van der Waals surface area contributed by atoms with Gasteiger partial charge in [0, 0.05) is 22.3 Å². The maximum absolute atomic E-state index is 9.62. The highest BCUT2D eigenvalue weighted by molar-refractivity contribution is 6.36. The normalized spacial score (nSPS) is 10.9. The highest BCUT2D eigenvalue weighted by atomic mass is 35.5. The monoisotopic (exact) mass is 332 g/mol. The van der Waals surface area contributed by atoms with Crippen LogP contribution in [0, 0.1) is 6.92 Å². The first-order valence-corrected chi connectivity index (χ1v) is 7.56. The predicted molar refractivity (Wildman–Crippen MR) is 89.7 cm³/mol. The molecule has 0 aliphatic carbocycles. The van der Waals surface area contributed by atoms with Gasteiger partial charge < -0.3 is 5.11 Å². The molecule has 22 heavy (non-hydrogen) atoms. The van der Waals surface area contributed by atoms with Gasteiger partial charge in [0.15, 0.2) is 0 Å². The maximum atomic E-state index is 9.62. The Hall–Kier alpha value is -1.81. The van der Waals surface area contributed by atoms with Crippen molar-refractivity contribution in [1.82, 2.24) is 9.78 Å². The van der Waals surface area contributed by atoms with Crippen LogP contribution >= 0.6 is 23.2 Å². The fourth-order valence-electron chi connectivity index (χ4n) is 2.34. The number of aromatic nitrogens is 2. The van der Waals surface area contributed by atoms with E-state index < -0.39 is 0 Å². The minimum Gasteiger partial charge on any atom is -0.392 e. The number of benzene rings is 2. The van der Waals surface area contributed by atoms with E-state index in [2.05, 4.69) is 5.10 Å². The summed E-state index contributed by atoms with van der Waals surface area (Å²) in [5.74, 6) is 0. The first-order valence-electron chi connectivity index (χ1n) is 6.80. The van der Waals surface area contributed by atoms with E-state index in [0.717, 1.165) is 16.8 Å². The van der Waals surface area contributed by atoms with Crippen molar-refractivity contribution in [2.75, 3.05) is 0 Å². The van der Waals surface area contributed by atoms with Gasteiger partial charge >= 0.3 is 0 Å². The number of hydrogen-bond donors (Lipinski definition) is 1. The SMILES string of the molecule is Cc1cccc(-n2cc(CO)c(-c3ccc(Cl)cc3Cl)n2)c1. The smallest absolute Gasteiger partial charge is 0.0997 e. The number of aliphatic hydroxyl groups is 1. The van der Waals surface area contributed by atoms with Crippen LogP contribution in [-0.4, -0.2) is 14.9 Å². The zero-order chi connectivity index (χ0) is 15.7. The molecule has 0 bridgehead atoms. The Kier molecular flexibility index (Phi) is 4.21. The molecule has 112 valence electrons. The van der Waals surface area contributed by atoms with Gasteiger partial charge in [-0.05, 0) is 42.8 Å². The predicted octanol–water partition coefficient (Wildman–Crippen LogP) is 4.65. The molecule has 0 saturated heterocycles. The van der Waals surface area contributed by atoms with E-state index in [0.29, 0.717) is 21.3 Å². The van der Waals surface area contributed by atoms with E-state index in [-0.39, 0.29) is 6.61 Å². The summed E-state index contributed by atoms with van der Waals surface area (Å²) in [6, 6.07) is 13.2. The molecule has 0 fully saturated rings. The lowest BCUT2D eigenvalue weighted by atomic mass is 10.1. The average Bonchev–Trinajstić information content (AvgIpc) is 2.91. The molecule has 3 aromatic rings. The van der Waals surface area contributed by atoms with E-state index in [1.54, 1.807) is 16.8 Å². The topological polar surface area (TPSA) is 38.0 Å². The second-order valence-corrected chi connectivity index (χ2v) is 5.91. The molecular formula is C17H14Cl2N2O. The molecule has 0 aliphatic heterocycles. The van der Waals surface area contributed by atoms with Gasteiger partial charge in [-0.3, -0.25) is 0 Å². The van der Waals surface area contributed by atoms with Gasteiger partial charge in [-0.25, -0.2) is 4.68 Å². The van der Waals surface area contributed by atoms with Gasteiger partial charge in [-0.1, -0.05) is 35.3 Å². The maximum Gasteiger partial charge on any atom is 0.0997 e. The molecular weight excluding hydrogens is 319 g/mol. The van der Waals surface area contributed by atoms with Crippen molar-refractivity contribution in [3.05, 3.63) is 69.8 Å². The van der Waals surface area contributed by atoms with Crippen LogP contribution in [0.15, 0.2) is 48.7 Å². The Morgan fingerprint density at radius 3 is 2.64 bits per heavy atom. The van der Waals surface area contributed by atoms with Crippen molar-refractivity contribution in [2.45, 2.75) is 13.5 Å². The highest BCUT2D eigenvalue weighted by Crippen LogP contribution is 2.32. The van der Waals surface area contributed by atoms with Crippen LogP contribution in [-0.2, 0) is 6.61 Å². The van der Waals surface area contributed by atoms with Crippen LogP contribution in [0.2, 0.25) is 10.0 Å². The second kappa shape index (κ2) is 6.13. The zero-order valence-corrected chi connectivity index (χ0v) is 13.4. The number of rotatable bonds is 3. The van der Waals surface area contributed by atoms with Gasteiger partial charge in [0.25, 0.3) is 0 Å². The number of aliphatic hydroxyl groups excluding tert-OH is 1. The zero-order valence-electron chi connectivity index (χ0n) is 11.9. The Morgan fingerprint density at radius 2 is 1.95 bits per heavy atom. The van der Waals surface area contributed by atoms with E-state index in [1.165, 1.54) is 0 Å². The molecule has 0 amide bonds. The number of aryl methyl sites for hydroxylation is 1.